The summed E-state index contributed by atoms with van der Waals surface area (Å²) in [5.41, 5.74) is 0. The largest absolute Gasteiger partial charge is 0.487 e. The number of hydrogen-bond donors (Lipinski definition) is 3. The van der Waals surface area contributed by atoms with E-state index in [4.69, 9.17) is 14.2 Å². The van der Waals surface area contributed by atoms with Crippen LogP contribution in [0.3, 0.4) is 0 Å². The van der Waals surface area contributed by atoms with Crippen LogP contribution < -0.4 is 0 Å². The molecule has 1 heterocycles. The van der Waals surface area contributed by atoms with Crippen molar-refractivity contribution in [2.45, 2.75) is 89.9 Å². The minimum atomic E-state index is -1.30. The maximum absolute atomic E-state index is 12.0. The number of unbranched alkanes of at least 4 members (excludes halogenated alkanes) is 6. The van der Waals surface area contributed by atoms with Gasteiger partial charge < -0.3 is 29.5 Å². The smallest absolute Gasteiger partial charge is 0.378 e. The monoisotopic (exact) mass is 388 g/mol. The summed E-state index contributed by atoms with van der Waals surface area (Å²) in [4.78, 5) is 12.0. The van der Waals surface area contributed by atoms with E-state index in [1.165, 1.54) is 19.3 Å². The van der Waals surface area contributed by atoms with Crippen LogP contribution in [0, 0.1) is 0 Å². The molecule has 0 aromatic carbocycles. The molecule has 0 fully saturated rings. The van der Waals surface area contributed by atoms with Crippen LogP contribution >= 0.6 is 0 Å². The number of cyclic esters (lactones) is 1. The number of carbonyl (C=O) groups excluding carboxylic acids is 1. The van der Waals surface area contributed by atoms with Crippen molar-refractivity contribution in [3.8, 4) is 0 Å². The molecule has 0 amide bonds. The molecule has 1 aliphatic rings. The van der Waals surface area contributed by atoms with Gasteiger partial charge in [-0.25, -0.2) is 4.79 Å². The van der Waals surface area contributed by atoms with Gasteiger partial charge in [0.15, 0.2) is 11.9 Å². The maximum atomic E-state index is 12.0. The van der Waals surface area contributed by atoms with Crippen molar-refractivity contribution in [3.05, 3.63) is 11.5 Å². The van der Waals surface area contributed by atoms with Crippen LogP contribution in [0.1, 0.15) is 71.6 Å². The Morgan fingerprint density at radius 1 is 1.00 bits per heavy atom. The van der Waals surface area contributed by atoms with Crippen LogP contribution in [0.4, 0.5) is 0 Å². The molecule has 0 radical (unpaired) electrons. The number of rotatable bonds is 16. The van der Waals surface area contributed by atoms with Crippen molar-refractivity contribution in [2.75, 3.05) is 19.8 Å². The lowest BCUT2D eigenvalue weighted by Gasteiger charge is -2.20. The van der Waals surface area contributed by atoms with Gasteiger partial charge in [0.05, 0.1) is 19.3 Å². The van der Waals surface area contributed by atoms with Gasteiger partial charge in [-0.3, -0.25) is 0 Å². The highest BCUT2D eigenvalue weighted by molar-refractivity contribution is 5.89. The first-order valence-electron chi connectivity index (χ1n) is 10.2. The third-order valence-corrected chi connectivity index (χ3v) is 4.50. The van der Waals surface area contributed by atoms with E-state index < -0.39 is 30.9 Å². The standard InChI is InChI=1S/C20H36O7/c1-3-5-7-8-9-10-11-15(22)14-26-18-17(16(23)13-21)27-20(24)19(18)25-12-6-4-2/h15-17,21-23H,3-14H2,1-2H3/t15?,16-,17+/m0/s1. The fourth-order valence-electron chi connectivity index (χ4n) is 2.83. The molecule has 0 aromatic heterocycles. The van der Waals surface area contributed by atoms with E-state index in [2.05, 4.69) is 6.92 Å². The predicted octanol–water partition coefficient (Wildman–Crippen LogP) is 2.42. The van der Waals surface area contributed by atoms with E-state index >= 15 is 0 Å². The lowest BCUT2D eigenvalue weighted by Crippen LogP contribution is -2.33. The molecule has 3 N–H and O–H groups in total. The zero-order valence-corrected chi connectivity index (χ0v) is 16.7. The molecule has 3 atom stereocenters. The lowest BCUT2D eigenvalue weighted by molar-refractivity contribution is -0.148. The van der Waals surface area contributed by atoms with Crippen LogP contribution in [0.25, 0.3) is 0 Å². The van der Waals surface area contributed by atoms with Crippen molar-refractivity contribution in [1.29, 1.82) is 0 Å². The Hall–Kier alpha value is -1.31. The summed E-state index contributed by atoms with van der Waals surface area (Å²) in [6.07, 6.45) is 5.98. The van der Waals surface area contributed by atoms with Gasteiger partial charge in [0.1, 0.15) is 12.7 Å². The zero-order valence-electron chi connectivity index (χ0n) is 16.7. The summed E-state index contributed by atoms with van der Waals surface area (Å²) in [6.45, 7) is 3.91. The normalized spacial score (nSPS) is 19.1. The summed E-state index contributed by atoms with van der Waals surface area (Å²) in [5, 5.41) is 29.2. The molecule has 0 spiro atoms. The summed E-state index contributed by atoms with van der Waals surface area (Å²) < 4.78 is 16.1. The summed E-state index contributed by atoms with van der Waals surface area (Å²) >= 11 is 0. The molecule has 1 unspecified atom stereocenters. The SMILES string of the molecule is CCCCCCCCC(O)COC1=C(OCCCC)C(=O)O[C@@H]1[C@@H](O)CO. The van der Waals surface area contributed by atoms with Gasteiger partial charge in [0, 0.05) is 0 Å². The predicted molar refractivity (Wildman–Crippen MR) is 101 cm³/mol. The molecule has 0 aliphatic carbocycles. The molecule has 0 aromatic rings. The molecule has 1 rings (SSSR count). The first-order valence-corrected chi connectivity index (χ1v) is 10.2. The Bertz CT molecular complexity index is 450. The average Bonchev–Trinajstić information content (AvgIpc) is 2.98. The van der Waals surface area contributed by atoms with E-state index in [9.17, 15) is 20.1 Å². The Balaban J connectivity index is 2.54. The van der Waals surface area contributed by atoms with E-state index in [1.807, 2.05) is 6.92 Å². The Morgan fingerprint density at radius 3 is 2.33 bits per heavy atom. The molecule has 0 bridgehead atoms. The number of hydrogen-bond acceptors (Lipinski definition) is 7. The average molecular weight is 389 g/mol. The fraction of sp³-hybridized carbons (Fsp3) is 0.850. The zero-order chi connectivity index (χ0) is 20.1. The number of aliphatic hydroxyl groups is 3. The molecular weight excluding hydrogens is 352 g/mol. The number of ether oxygens (including phenoxy) is 3. The highest BCUT2D eigenvalue weighted by Crippen LogP contribution is 2.28. The van der Waals surface area contributed by atoms with Crippen LogP contribution in [0.5, 0.6) is 0 Å². The van der Waals surface area contributed by atoms with Crippen LogP contribution in [0.2, 0.25) is 0 Å². The van der Waals surface area contributed by atoms with Gasteiger partial charge in [-0.05, 0) is 12.8 Å². The second kappa shape index (κ2) is 13.8. The van der Waals surface area contributed by atoms with E-state index in [1.54, 1.807) is 0 Å². The minimum absolute atomic E-state index is 0.0176. The van der Waals surface area contributed by atoms with Gasteiger partial charge in [0.25, 0.3) is 0 Å². The van der Waals surface area contributed by atoms with Crippen LogP contribution in [0.15, 0.2) is 11.5 Å². The van der Waals surface area contributed by atoms with Crippen LogP contribution in [-0.2, 0) is 19.0 Å². The summed E-state index contributed by atoms with van der Waals surface area (Å²) in [5.74, 6) is -0.739. The molecule has 158 valence electrons. The molecule has 0 saturated carbocycles. The van der Waals surface area contributed by atoms with Gasteiger partial charge in [-0.2, -0.15) is 0 Å². The number of aliphatic hydroxyl groups excluding tert-OH is 3. The van der Waals surface area contributed by atoms with Crippen molar-refractivity contribution in [1.82, 2.24) is 0 Å². The summed E-state index contributed by atoms with van der Waals surface area (Å²) in [6, 6.07) is 0. The molecule has 1 aliphatic heterocycles. The lowest BCUT2D eigenvalue weighted by atomic mass is 10.1. The molecule has 0 saturated heterocycles. The fourth-order valence-corrected chi connectivity index (χ4v) is 2.83. The third kappa shape index (κ3) is 8.49. The Morgan fingerprint density at radius 2 is 1.67 bits per heavy atom. The molecule has 27 heavy (non-hydrogen) atoms. The first-order chi connectivity index (χ1) is 13.0. The van der Waals surface area contributed by atoms with Crippen molar-refractivity contribution < 1.29 is 34.3 Å². The maximum Gasteiger partial charge on any atom is 0.378 e. The van der Waals surface area contributed by atoms with Gasteiger partial charge >= 0.3 is 5.97 Å². The molecular formula is C20H36O7. The first kappa shape index (κ1) is 23.7. The minimum Gasteiger partial charge on any atom is -0.487 e. The second-order valence-corrected chi connectivity index (χ2v) is 6.99. The number of esters is 1. The molecule has 7 heteroatoms. The van der Waals surface area contributed by atoms with Crippen molar-refractivity contribution in [2.24, 2.45) is 0 Å². The number of carbonyl (C=O) groups is 1. The quantitative estimate of drug-likeness (QED) is 0.275. The topological polar surface area (TPSA) is 105 Å². The summed E-state index contributed by atoms with van der Waals surface area (Å²) in [7, 11) is 0. The third-order valence-electron chi connectivity index (χ3n) is 4.50. The van der Waals surface area contributed by atoms with Crippen molar-refractivity contribution >= 4 is 5.97 Å². The van der Waals surface area contributed by atoms with Gasteiger partial charge in [-0.15, -0.1) is 0 Å². The Kier molecular flexibility index (Phi) is 12.1. The van der Waals surface area contributed by atoms with E-state index in [-0.39, 0.29) is 18.1 Å². The van der Waals surface area contributed by atoms with Gasteiger partial charge in [0.2, 0.25) is 5.76 Å². The van der Waals surface area contributed by atoms with Crippen molar-refractivity contribution in [3.63, 3.8) is 0 Å². The highest BCUT2D eigenvalue weighted by atomic mass is 16.6. The van der Waals surface area contributed by atoms with Gasteiger partial charge in [-0.1, -0.05) is 58.8 Å². The highest BCUT2D eigenvalue weighted by Gasteiger charge is 2.42. The van der Waals surface area contributed by atoms with E-state index in [0.29, 0.717) is 13.0 Å². The second-order valence-electron chi connectivity index (χ2n) is 6.99. The van der Waals surface area contributed by atoms with Crippen LogP contribution in [-0.4, -0.2) is 59.4 Å². The molecule has 7 nitrogen and oxygen atoms in total. The van der Waals surface area contributed by atoms with E-state index in [0.717, 1.165) is 32.1 Å². The Labute approximate surface area is 162 Å².